The van der Waals surface area contributed by atoms with Gasteiger partial charge in [-0.25, -0.2) is 0 Å². The molecule has 0 aliphatic heterocycles. The van der Waals surface area contributed by atoms with Gasteiger partial charge < -0.3 is 0 Å². The van der Waals surface area contributed by atoms with Crippen LogP contribution in [-0.4, -0.2) is 0 Å². The van der Waals surface area contributed by atoms with Crippen LogP contribution in [-0.2, 0) is 15.6 Å². The summed E-state index contributed by atoms with van der Waals surface area (Å²) in [5, 5.41) is 5.18. The molecule has 1 aliphatic carbocycles. The third-order valence-corrected chi connectivity index (χ3v) is 4.49. The summed E-state index contributed by atoms with van der Waals surface area (Å²) in [6.07, 6.45) is 3.63. The molecule has 4 aromatic rings. The van der Waals surface area contributed by atoms with E-state index in [1.807, 2.05) is 19.5 Å². The maximum atomic E-state index is 3.63. The zero-order chi connectivity index (χ0) is 16.5. The molecule has 1 aliphatic rings. The van der Waals surface area contributed by atoms with Gasteiger partial charge in [0.25, 0.3) is 0 Å². The molecule has 0 atom stereocenters. The summed E-state index contributed by atoms with van der Waals surface area (Å²) in [5.41, 5.74) is 4.98. The summed E-state index contributed by atoms with van der Waals surface area (Å²) in [5.74, 6) is 0. The SMILES string of the molecule is [C-]1=C(c2cccc3ccccc23)c2cccc3cccc1c23.[Pd+][I]. The number of hydrogen-bond acceptors (Lipinski definition) is 0. The topological polar surface area (TPSA) is 0 Å². The van der Waals surface area contributed by atoms with E-state index in [4.69, 9.17) is 0 Å². The van der Waals surface area contributed by atoms with E-state index < -0.39 is 0 Å². The van der Waals surface area contributed by atoms with Crippen molar-refractivity contribution in [2.75, 3.05) is 0 Å². The first kappa shape index (κ1) is 16.0. The standard InChI is InChI=1S/C22H13.HI.Pd/c1-2-11-18-15(6-1)7-4-12-19(18)21-14-17-10-3-8-16-9-5-13-20(21)22(16)17;;/h1-13H;1H;/q-1;;+2/p-1. The van der Waals surface area contributed by atoms with Crippen LogP contribution in [0.2, 0.25) is 0 Å². The minimum atomic E-state index is 1.20. The van der Waals surface area contributed by atoms with Gasteiger partial charge in [0.2, 0.25) is 0 Å². The molecule has 0 fully saturated rings. The van der Waals surface area contributed by atoms with Crippen LogP contribution in [0.3, 0.4) is 0 Å². The summed E-state index contributed by atoms with van der Waals surface area (Å²) in [4.78, 5) is 0. The van der Waals surface area contributed by atoms with Crippen molar-refractivity contribution in [1.82, 2.24) is 0 Å². The molecule has 0 N–H and O–H groups in total. The number of benzene rings is 4. The van der Waals surface area contributed by atoms with Crippen molar-refractivity contribution in [3.05, 3.63) is 102 Å². The molecule has 0 heterocycles. The third-order valence-electron chi connectivity index (χ3n) is 4.49. The van der Waals surface area contributed by atoms with Crippen LogP contribution < -0.4 is 0 Å². The average Bonchev–Trinajstić information content (AvgIpc) is 3.04. The van der Waals surface area contributed by atoms with Crippen molar-refractivity contribution in [3.8, 4) is 0 Å². The van der Waals surface area contributed by atoms with Crippen LogP contribution in [0, 0.1) is 6.08 Å². The van der Waals surface area contributed by atoms with Crippen molar-refractivity contribution < 1.29 is 15.6 Å². The van der Waals surface area contributed by atoms with Crippen LogP contribution in [0.4, 0.5) is 0 Å². The summed E-state index contributed by atoms with van der Waals surface area (Å²) >= 11 is 4.72. The number of hydrogen-bond donors (Lipinski definition) is 0. The monoisotopic (exact) mass is 510 g/mol. The molecular weight excluding hydrogens is 498 g/mol. The molecule has 0 unspecified atom stereocenters. The Morgan fingerprint density at radius 2 is 1.25 bits per heavy atom. The normalized spacial score (nSPS) is 12.0. The molecule has 4 aromatic carbocycles. The quantitative estimate of drug-likeness (QED) is 0.138. The van der Waals surface area contributed by atoms with Gasteiger partial charge in [-0.05, 0) is 10.8 Å². The molecule has 0 amide bonds. The van der Waals surface area contributed by atoms with Gasteiger partial charge in [0, 0.05) is 0 Å². The van der Waals surface area contributed by atoms with Gasteiger partial charge in [-0.15, -0.1) is 34.2 Å². The number of halogens is 1. The Morgan fingerprint density at radius 3 is 2.08 bits per heavy atom. The molecule has 5 rings (SSSR count). The Labute approximate surface area is 163 Å². The molecule has 0 aromatic heterocycles. The van der Waals surface area contributed by atoms with Gasteiger partial charge in [0.05, 0.1) is 0 Å². The molecule has 0 bridgehead atoms. The molecule has 118 valence electrons. The zero-order valence-corrected chi connectivity index (χ0v) is 16.4. The molecular formula is C22H13IPd. The van der Waals surface area contributed by atoms with Gasteiger partial charge in [0.15, 0.2) is 0 Å². The Bertz CT molecular complexity index is 1070. The van der Waals surface area contributed by atoms with Crippen molar-refractivity contribution >= 4 is 46.6 Å². The maximum absolute atomic E-state index is 3.63. The second kappa shape index (κ2) is 6.80. The predicted octanol–water partition coefficient (Wildman–Crippen LogP) is 6.47. The van der Waals surface area contributed by atoms with Crippen molar-refractivity contribution in [3.63, 3.8) is 0 Å². The zero-order valence-electron chi connectivity index (χ0n) is 12.7. The first-order chi connectivity index (χ1) is 11.9. The molecule has 0 saturated carbocycles. The summed E-state index contributed by atoms with van der Waals surface area (Å²) < 4.78 is 0. The molecule has 0 nitrogen and oxygen atoms in total. The average molecular weight is 511 g/mol. The summed E-state index contributed by atoms with van der Waals surface area (Å²) in [6, 6.07) is 28.0. The minimum absolute atomic E-state index is 1.20. The van der Waals surface area contributed by atoms with Crippen LogP contribution in [0.25, 0.3) is 27.1 Å². The van der Waals surface area contributed by atoms with Crippen LogP contribution >= 0.6 is 19.5 Å². The Morgan fingerprint density at radius 1 is 0.625 bits per heavy atom. The van der Waals surface area contributed by atoms with Gasteiger partial charge in [-0.1, -0.05) is 83.7 Å². The fourth-order valence-electron chi connectivity index (χ4n) is 3.51. The first-order valence-electron chi connectivity index (χ1n) is 7.68. The van der Waals surface area contributed by atoms with E-state index in [1.165, 1.54) is 43.8 Å². The van der Waals surface area contributed by atoms with Gasteiger partial charge >= 0.3 is 35.1 Å². The van der Waals surface area contributed by atoms with E-state index in [9.17, 15) is 0 Å². The third kappa shape index (κ3) is 2.54. The first-order valence-corrected chi connectivity index (χ1v) is 12.3. The fraction of sp³-hybridized carbons (Fsp3) is 0. The molecule has 24 heavy (non-hydrogen) atoms. The molecule has 0 saturated heterocycles. The summed E-state index contributed by atoms with van der Waals surface area (Å²) in [6.45, 7) is 0. The fourth-order valence-corrected chi connectivity index (χ4v) is 3.51. The Balaban J connectivity index is 0.000000704. The van der Waals surface area contributed by atoms with Gasteiger partial charge in [0.1, 0.15) is 0 Å². The predicted molar refractivity (Wildman–Crippen MR) is 107 cm³/mol. The number of fused-ring (bicyclic) bond motifs is 1. The van der Waals surface area contributed by atoms with Gasteiger partial charge in [-0.2, -0.15) is 0 Å². The van der Waals surface area contributed by atoms with Crippen molar-refractivity contribution in [2.45, 2.75) is 0 Å². The number of rotatable bonds is 1. The second-order valence-electron chi connectivity index (χ2n) is 5.74. The van der Waals surface area contributed by atoms with Crippen LogP contribution in [0.1, 0.15) is 16.7 Å². The van der Waals surface area contributed by atoms with Crippen molar-refractivity contribution in [2.24, 2.45) is 0 Å². The van der Waals surface area contributed by atoms with E-state index in [-0.39, 0.29) is 0 Å². The van der Waals surface area contributed by atoms with Crippen molar-refractivity contribution in [1.29, 1.82) is 0 Å². The molecule has 0 radical (unpaired) electrons. The van der Waals surface area contributed by atoms with E-state index in [2.05, 4.69) is 101 Å². The van der Waals surface area contributed by atoms with E-state index in [0.29, 0.717) is 0 Å². The van der Waals surface area contributed by atoms with Crippen LogP contribution in [0.5, 0.6) is 0 Å². The molecule has 0 spiro atoms. The molecule has 2 heteroatoms. The van der Waals surface area contributed by atoms with E-state index in [1.54, 1.807) is 0 Å². The Kier molecular flexibility index (Phi) is 4.54. The Hall–Kier alpha value is -1.47. The summed E-state index contributed by atoms with van der Waals surface area (Å²) in [7, 11) is 0. The van der Waals surface area contributed by atoms with E-state index >= 15 is 0 Å². The van der Waals surface area contributed by atoms with Crippen LogP contribution in [0.15, 0.2) is 78.9 Å². The van der Waals surface area contributed by atoms with Gasteiger partial charge in [-0.3, -0.25) is 0 Å². The van der Waals surface area contributed by atoms with E-state index in [0.717, 1.165) is 0 Å². The second-order valence-corrected chi connectivity index (χ2v) is 5.74.